The molecule has 0 aliphatic carbocycles. The molecule has 7 nitrogen and oxygen atoms in total. The molecule has 144 valence electrons. The Morgan fingerprint density at radius 1 is 1.41 bits per heavy atom. The van der Waals surface area contributed by atoms with Crippen molar-refractivity contribution in [3.8, 4) is 17.6 Å². The van der Waals surface area contributed by atoms with E-state index in [0.717, 1.165) is 0 Å². The molecular formula is C18H18F2N2O5. The highest BCUT2D eigenvalue weighted by molar-refractivity contribution is 5.95. The van der Waals surface area contributed by atoms with Gasteiger partial charge < -0.3 is 18.9 Å². The fourth-order valence-electron chi connectivity index (χ4n) is 2.87. The summed E-state index contributed by atoms with van der Waals surface area (Å²) in [7, 11) is 1.19. The van der Waals surface area contributed by atoms with Crippen LogP contribution >= 0.6 is 0 Å². The standard InChI is InChI=1S/C18H18F2N2O5/c1-4-25-13-7-10(5-6-12(13)27-18(19)20)15-11(8-21)16(22)26-9(2)14(15)17(23)24-3/h5-7,11,15,18,22H,4H2,1-3H3. The number of benzene rings is 1. The quantitative estimate of drug-likeness (QED) is 0.760. The Morgan fingerprint density at radius 3 is 2.67 bits per heavy atom. The van der Waals surface area contributed by atoms with Gasteiger partial charge in [0.2, 0.25) is 5.90 Å². The Kier molecular flexibility index (Phi) is 6.34. The van der Waals surface area contributed by atoms with Crippen molar-refractivity contribution in [2.45, 2.75) is 26.4 Å². The number of nitriles is 1. The smallest absolute Gasteiger partial charge is 0.387 e. The molecule has 1 aromatic carbocycles. The van der Waals surface area contributed by atoms with Crippen LogP contribution in [0.1, 0.15) is 25.3 Å². The summed E-state index contributed by atoms with van der Waals surface area (Å²) < 4.78 is 45.0. The first-order valence-electron chi connectivity index (χ1n) is 8.00. The molecular weight excluding hydrogens is 362 g/mol. The summed E-state index contributed by atoms with van der Waals surface area (Å²) >= 11 is 0. The third-order valence-electron chi connectivity index (χ3n) is 3.96. The highest BCUT2D eigenvalue weighted by Crippen LogP contribution is 2.42. The van der Waals surface area contributed by atoms with E-state index in [1.165, 1.54) is 32.2 Å². The molecule has 0 amide bonds. The summed E-state index contributed by atoms with van der Waals surface area (Å²) in [6.07, 6.45) is 0. The molecule has 0 fully saturated rings. The van der Waals surface area contributed by atoms with Crippen molar-refractivity contribution < 1.29 is 32.5 Å². The maximum atomic E-state index is 12.6. The van der Waals surface area contributed by atoms with Gasteiger partial charge >= 0.3 is 12.6 Å². The highest BCUT2D eigenvalue weighted by Gasteiger charge is 2.41. The number of hydrogen-bond donors (Lipinski definition) is 1. The van der Waals surface area contributed by atoms with E-state index in [2.05, 4.69) is 4.74 Å². The Hall–Kier alpha value is -3.15. The van der Waals surface area contributed by atoms with Crippen LogP contribution in [0.3, 0.4) is 0 Å². The van der Waals surface area contributed by atoms with E-state index in [1.54, 1.807) is 6.92 Å². The van der Waals surface area contributed by atoms with E-state index in [0.29, 0.717) is 5.56 Å². The molecule has 1 aliphatic rings. The van der Waals surface area contributed by atoms with Crippen LogP contribution < -0.4 is 9.47 Å². The molecule has 1 heterocycles. The lowest BCUT2D eigenvalue weighted by Crippen LogP contribution is -2.32. The number of alkyl halides is 2. The minimum absolute atomic E-state index is 0.0341. The lowest BCUT2D eigenvalue weighted by atomic mass is 9.78. The van der Waals surface area contributed by atoms with Gasteiger partial charge in [-0.15, -0.1) is 0 Å². The molecule has 0 saturated carbocycles. The Bertz CT molecular complexity index is 816. The van der Waals surface area contributed by atoms with Gasteiger partial charge in [-0.1, -0.05) is 6.07 Å². The number of methoxy groups -OCH3 is 1. The number of allylic oxidation sites excluding steroid dienone is 1. The number of nitrogens with one attached hydrogen (secondary N) is 1. The molecule has 1 N–H and O–H groups in total. The van der Waals surface area contributed by atoms with E-state index < -0.39 is 24.4 Å². The van der Waals surface area contributed by atoms with Crippen molar-refractivity contribution in [1.29, 1.82) is 10.7 Å². The van der Waals surface area contributed by atoms with Gasteiger partial charge in [-0.25, -0.2) is 4.79 Å². The lowest BCUT2D eigenvalue weighted by molar-refractivity contribution is -0.136. The molecule has 9 heteroatoms. The van der Waals surface area contributed by atoms with Gasteiger partial charge in [0.05, 0.1) is 25.4 Å². The molecule has 27 heavy (non-hydrogen) atoms. The number of nitrogens with zero attached hydrogens (tertiary/aromatic N) is 1. The number of carbonyl (C=O) groups is 1. The molecule has 2 rings (SSSR count). The number of esters is 1. The zero-order valence-electron chi connectivity index (χ0n) is 14.9. The van der Waals surface area contributed by atoms with E-state index in [9.17, 15) is 18.8 Å². The predicted molar refractivity (Wildman–Crippen MR) is 89.6 cm³/mol. The normalized spacial score (nSPS) is 19.4. The third kappa shape index (κ3) is 4.16. The Balaban J connectivity index is 2.61. The minimum Gasteiger partial charge on any atom is -0.490 e. The minimum atomic E-state index is -3.04. The summed E-state index contributed by atoms with van der Waals surface area (Å²) in [6.45, 7) is 0.308. The van der Waals surface area contributed by atoms with Crippen molar-refractivity contribution >= 4 is 11.9 Å². The first kappa shape index (κ1) is 20.2. The van der Waals surface area contributed by atoms with Crippen LogP contribution in [0.2, 0.25) is 0 Å². The average molecular weight is 380 g/mol. The largest absolute Gasteiger partial charge is 0.490 e. The van der Waals surface area contributed by atoms with Gasteiger partial charge in [-0.05, 0) is 31.5 Å². The molecule has 1 aliphatic heterocycles. The van der Waals surface area contributed by atoms with Crippen molar-refractivity contribution in [1.82, 2.24) is 0 Å². The van der Waals surface area contributed by atoms with E-state index in [-0.39, 0.29) is 35.3 Å². The second-order valence-electron chi connectivity index (χ2n) is 5.53. The molecule has 0 bridgehead atoms. The van der Waals surface area contributed by atoms with Crippen molar-refractivity contribution in [3.05, 3.63) is 35.1 Å². The summed E-state index contributed by atoms with van der Waals surface area (Å²) in [5.41, 5.74) is 0.476. The molecule has 1 aromatic rings. The maximum absolute atomic E-state index is 12.6. The van der Waals surface area contributed by atoms with Crippen molar-refractivity contribution in [2.24, 2.45) is 5.92 Å². The van der Waals surface area contributed by atoms with Crippen LogP contribution in [0.15, 0.2) is 29.5 Å². The second kappa shape index (κ2) is 8.49. The monoisotopic (exact) mass is 380 g/mol. The zero-order valence-corrected chi connectivity index (χ0v) is 14.9. The second-order valence-corrected chi connectivity index (χ2v) is 5.53. The lowest BCUT2D eigenvalue weighted by Gasteiger charge is -2.30. The molecule has 2 unspecified atom stereocenters. The molecule has 2 atom stereocenters. The number of carbonyl (C=O) groups excluding carboxylic acids is 1. The fraction of sp³-hybridized carbons (Fsp3) is 0.389. The SMILES string of the molecule is CCOc1cc(C2C(C(=O)OC)=C(C)OC(=N)C2C#N)ccc1OC(F)F. The topological polar surface area (TPSA) is 102 Å². The summed E-state index contributed by atoms with van der Waals surface area (Å²) in [4.78, 5) is 12.3. The van der Waals surface area contributed by atoms with Crippen molar-refractivity contribution in [2.75, 3.05) is 13.7 Å². The number of ether oxygens (including phenoxy) is 4. The van der Waals surface area contributed by atoms with E-state index >= 15 is 0 Å². The maximum Gasteiger partial charge on any atom is 0.387 e. The number of rotatable bonds is 6. The Morgan fingerprint density at radius 2 is 2.11 bits per heavy atom. The van der Waals surface area contributed by atoms with Gasteiger partial charge in [0, 0.05) is 5.92 Å². The molecule has 0 saturated heterocycles. The predicted octanol–water partition coefficient (Wildman–Crippen LogP) is 3.36. The molecule has 0 spiro atoms. The van der Waals surface area contributed by atoms with Crippen LogP contribution in [0.25, 0.3) is 0 Å². The van der Waals surface area contributed by atoms with Crippen molar-refractivity contribution in [3.63, 3.8) is 0 Å². The Labute approximate surface area is 154 Å². The van der Waals surface area contributed by atoms with Crippen LogP contribution in [-0.4, -0.2) is 32.2 Å². The van der Waals surface area contributed by atoms with Crippen LogP contribution in [0.5, 0.6) is 11.5 Å². The summed E-state index contributed by atoms with van der Waals surface area (Å²) in [5, 5.41) is 17.4. The highest BCUT2D eigenvalue weighted by atomic mass is 19.3. The van der Waals surface area contributed by atoms with Gasteiger partial charge in [0.1, 0.15) is 11.7 Å². The molecule has 0 radical (unpaired) electrons. The number of hydrogen-bond acceptors (Lipinski definition) is 7. The average Bonchev–Trinajstić information content (AvgIpc) is 2.62. The van der Waals surface area contributed by atoms with Crippen LogP contribution in [0, 0.1) is 22.7 Å². The van der Waals surface area contributed by atoms with Gasteiger partial charge in [0.25, 0.3) is 0 Å². The first-order chi connectivity index (χ1) is 12.8. The van der Waals surface area contributed by atoms with E-state index in [4.69, 9.17) is 19.6 Å². The van der Waals surface area contributed by atoms with Gasteiger partial charge in [0.15, 0.2) is 11.5 Å². The van der Waals surface area contributed by atoms with Crippen LogP contribution in [-0.2, 0) is 14.3 Å². The van der Waals surface area contributed by atoms with Gasteiger partial charge in [-0.2, -0.15) is 14.0 Å². The zero-order chi connectivity index (χ0) is 20.1. The first-order valence-corrected chi connectivity index (χ1v) is 8.00. The molecule has 0 aromatic heterocycles. The van der Waals surface area contributed by atoms with Gasteiger partial charge in [-0.3, -0.25) is 5.41 Å². The van der Waals surface area contributed by atoms with E-state index in [1.807, 2.05) is 6.07 Å². The summed E-state index contributed by atoms with van der Waals surface area (Å²) in [5.74, 6) is -3.02. The third-order valence-corrected chi connectivity index (χ3v) is 3.96. The number of halogens is 2. The van der Waals surface area contributed by atoms with Crippen LogP contribution in [0.4, 0.5) is 8.78 Å². The summed E-state index contributed by atoms with van der Waals surface area (Å²) in [6, 6.07) is 6.06. The fourth-order valence-corrected chi connectivity index (χ4v) is 2.87.